The Bertz CT molecular complexity index is 370. The van der Waals surface area contributed by atoms with E-state index < -0.39 is 5.82 Å². The molecule has 1 fully saturated rings. The second kappa shape index (κ2) is 6.19. The molecule has 0 radical (unpaired) electrons. The zero-order valence-electron chi connectivity index (χ0n) is 9.43. The lowest BCUT2D eigenvalue weighted by atomic mass is 9.87. The number of halogens is 2. The third kappa shape index (κ3) is 3.31. The van der Waals surface area contributed by atoms with E-state index in [0.29, 0.717) is 18.8 Å². The van der Waals surface area contributed by atoms with Gasteiger partial charge in [-0.25, -0.2) is 4.39 Å². The molecule has 0 spiro atoms. The van der Waals surface area contributed by atoms with Gasteiger partial charge in [-0.05, 0) is 24.8 Å². The minimum atomic E-state index is -0.431. The molecule has 0 aromatic heterocycles. The van der Waals surface area contributed by atoms with E-state index in [1.54, 1.807) is 6.07 Å². The first-order chi connectivity index (χ1) is 7.68. The normalized spacial score (nSPS) is 18.5. The van der Waals surface area contributed by atoms with E-state index in [0.717, 1.165) is 18.9 Å². The predicted molar refractivity (Wildman–Crippen MR) is 65.8 cm³/mol. The summed E-state index contributed by atoms with van der Waals surface area (Å²) in [4.78, 5) is 0. The highest BCUT2D eigenvalue weighted by Crippen LogP contribution is 2.30. The number of phenolic OH excluding ortho intramolecular Hbond substituents is 1. The number of hydrogen-bond donors (Lipinski definition) is 2. The van der Waals surface area contributed by atoms with Gasteiger partial charge >= 0.3 is 0 Å². The Balaban J connectivity index is 0.00000144. The number of benzene rings is 1. The van der Waals surface area contributed by atoms with Gasteiger partial charge in [0.05, 0.1) is 0 Å². The van der Waals surface area contributed by atoms with Crippen molar-refractivity contribution < 1.29 is 14.2 Å². The second-order valence-electron chi connectivity index (χ2n) is 4.18. The number of rotatable bonds is 2. The summed E-state index contributed by atoms with van der Waals surface area (Å²) in [7, 11) is 0. The quantitative estimate of drug-likeness (QED) is 0.859. The van der Waals surface area contributed by atoms with Crippen molar-refractivity contribution >= 4 is 12.4 Å². The number of hydrogen-bond acceptors (Lipinski definition) is 3. The van der Waals surface area contributed by atoms with Gasteiger partial charge in [0.2, 0.25) is 0 Å². The molecule has 1 heterocycles. The maximum atomic E-state index is 13.6. The summed E-state index contributed by atoms with van der Waals surface area (Å²) >= 11 is 0. The van der Waals surface area contributed by atoms with E-state index >= 15 is 0 Å². The van der Waals surface area contributed by atoms with Crippen LogP contribution >= 0.6 is 12.4 Å². The van der Waals surface area contributed by atoms with Crippen molar-refractivity contribution in [3.05, 3.63) is 29.6 Å². The van der Waals surface area contributed by atoms with Crippen LogP contribution in [0.25, 0.3) is 0 Å². The van der Waals surface area contributed by atoms with Gasteiger partial charge in [0.1, 0.15) is 11.6 Å². The van der Waals surface area contributed by atoms with Crippen LogP contribution in [0.15, 0.2) is 18.2 Å². The Hall–Kier alpha value is -0.840. The molecule has 0 saturated carbocycles. The lowest BCUT2D eigenvalue weighted by Gasteiger charge is -2.28. The van der Waals surface area contributed by atoms with Crippen LogP contribution in [0.5, 0.6) is 5.75 Å². The SMILES string of the molecule is Cl.N[C@H](c1ccc(O)cc1F)C1CCOCC1. The van der Waals surface area contributed by atoms with E-state index in [2.05, 4.69) is 0 Å². The Morgan fingerprint density at radius 2 is 2.00 bits per heavy atom. The van der Waals surface area contributed by atoms with Crippen LogP contribution in [0.2, 0.25) is 0 Å². The summed E-state index contributed by atoms with van der Waals surface area (Å²) in [5.74, 6) is -0.243. The summed E-state index contributed by atoms with van der Waals surface area (Å²) in [6, 6.07) is 3.82. The number of aromatic hydroxyl groups is 1. The van der Waals surface area contributed by atoms with Gasteiger partial charge in [-0.2, -0.15) is 0 Å². The largest absolute Gasteiger partial charge is 0.508 e. The average molecular weight is 262 g/mol. The van der Waals surface area contributed by atoms with E-state index in [4.69, 9.17) is 15.6 Å². The van der Waals surface area contributed by atoms with Crippen LogP contribution in [-0.2, 0) is 4.74 Å². The fourth-order valence-corrected chi connectivity index (χ4v) is 2.12. The van der Waals surface area contributed by atoms with Gasteiger partial charge in [0.15, 0.2) is 0 Å². The molecular weight excluding hydrogens is 245 g/mol. The molecule has 17 heavy (non-hydrogen) atoms. The van der Waals surface area contributed by atoms with Gasteiger partial charge in [-0.15, -0.1) is 12.4 Å². The highest BCUT2D eigenvalue weighted by Gasteiger charge is 2.24. The number of nitrogens with two attached hydrogens (primary N) is 1. The third-order valence-electron chi connectivity index (χ3n) is 3.12. The van der Waals surface area contributed by atoms with Crippen LogP contribution in [0.3, 0.4) is 0 Å². The molecule has 96 valence electrons. The molecule has 1 atom stereocenters. The molecule has 1 aliphatic rings. The first kappa shape index (κ1) is 14.2. The zero-order valence-corrected chi connectivity index (χ0v) is 10.3. The molecule has 0 amide bonds. The van der Waals surface area contributed by atoms with Crippen molar-refractivity contribution in [2.75, 3.05) is 13.2 Å². The van der Waals surface area contributed by atoms with E-state index in [1.807, 2.05) is 0 Å². The smallest absolute Gasteiger partial charge is 0.131 e. The van der Waals surface area contributed by atoms with Crippen LogP contribution in [0, 0.1) is 11.7 Å². The summed E-state index contributed by atoms with van der Waals surface area (Å²) in [5.41, 5.74) is 6.52. The van der Waals surface area contributed by atoms with Crippen molar-refractivity contribution in [3.8, 4) is 5.75 Å². The van der Waals surface area contributed by atoms with Gasteiger partial charge in [-0.1, -0.05) is 6.07 Å². The first-order valence-corrected chi connectivity index (χ1v) is 5.50. The summed E-state index contributed by atoms with van der Waals surface area (Å²) in [6.45, 7) is 1.39. The lowest BCUT2D eigenvalue weighted by molar-refractivity contribution is 0.0580. The Kier molecular flexibility index (Phi) is 5.18. The summed E-state index contributed by atoms with van der Waals surface area (Å²) < 4.78 is 18.8. The van der Waals surface area contributed by atoms with Crippen LogP contribution < -0.4 is 5.73 Å². The van der Waals surface area contributed by atoms with Crippen molar-refractivity contribution in [3.63, 3.8) is 0 Å². The van der Waals surface area contributed by atoms with Crippen molar-refractivity contribution in [1.29, 1.82) is 0 Å². The molecule has 1 aromatic carbocycles. The Morgan fingerprint density at radius 1 is 1.35 bits per heavy atom. The lowest BCUT2D eigenvalue weighted by Crippen LogP contribution is -2.28. The van der Waals surface area contributed by atoms with Crippen molar-refractivity contribution in [2.24, 2.45) is 11.7 Å². The summed E-state index contributed by atoms with van der Waals surface area (Å²) in [5, 5.41) is 9.13. The van der Waals surface area contributed by atoms with Gasteiger partial charge in [-0.3, -0.25) is 0 Å². The van der Waals surface area contributed by atoms with Gasteiger partial charge in [0.25, 0.3) is 0 Å². The molecule has 1 aliphatic heterocycles. The van der Waals surface area contributed by atoms with E-state index in [-0.39, 0.29) is 30.1 Å². The molecular formula is C12H17ClFNO2. The van der Waals surface area contributed by atoms with Crippen LogP contribution in [0.4, 0.5) is 4.39 Å². The fraction of sp³-hybridized carbons (Fsp3) is 0.500. The maximum Gasteiger partial charge on any atom is 0.131 e. The Morgan fingerprint density at radius 3 is 2.59 bits per heavy atom. The molecule has 1 saturated heterocycles. The molecule has 0 aliphatic carbocycles. The monoisotopic (exact) mass is 261 g/mol. The average Bonchev–Trinajstić information content (AvgIpc) is 2.29. The first-order valence-electron chi connectivity index (χ1n) is 5.50. The topological polar surface area (TPSA) is 55.5 Å². The molecule has 2 rings (SSSR count). The number of ether oxygens (including phenoxy) is 1. The fourth-order valence-electron chi connectivity index (χ4n) is 2.12. The standard InChI is InChI=1S/C12H16FNO2.ClH/c13-11-7-9(15)1-2-10(11)12(14)8-3-5-16-6-4-8;/h1-2,7-8,12,15H,3-6,14H2;1H/t12-;/m0./s1. The van der Waals surface area contributed by atoms with Crippen molar-refractivity contribution in [2.45, 2.75) is 18.9 Å². The van der Waals surface area contributed by atoms with Crippen LogP contribution in [-0.4, -0.2) is 18.3 Å². The van der Waals surface area contributed by atoms with Gasteiger partial charge < -0.3 is 15.6 Å². The van der Waals surface area contributed by atoms with Crippen LogP contribution in [0.1, 0.15) is 24.4 Å². The van der Waals surface area contributed by atoms with E-state index in [1.165, 1.54) is 6.07 Å². The highest BCUT2D eigenvalue weighted by molar-refractivity contribution is 5.85. The second-order valence-corrected chi connectivity index (χ2v) is 4.18. The zero-order chi connectivity index (χ0) is 11.5. The molecule has 3 nitrogen and oxygen atoms in total. The molecule has 3 N–H and O–H groups in total. The Labute approximate surface area is 106 Å². The highest BCUT2D eigenvalue weighted by atomic mass is 35.5. The summed E-state index contributed by atoms with van der Waals surface area (Å²) in [6.07, 6.45) is 1.73. The molecule has 5 heteroatoms. The van der Waals surface area contributed by atoms with Crippen molar-refractivity contribution in [1.82, 2.24) is 0 Å². The maximum absolute atomic E-state index is 13.6. The minimum absolute atomic E-state index is 0. The predicted octanol–water partition coefficient (Wildman–Crippen LogP) is 2.38. The third-order valence-corrected chi connectivity index (χ3v) is 3.12. The number of phenols is 1. The van der Waals surface area contributed by atoms with E-state index in [9.17, 15) is 4.39 Å². The molecule has 0 unspecified atom stereocenters. The molecule has 0 bridgehead atoms. The molecule has 1 aromatic rings. The van der Waals surface area contributed by atoms with Gasteiger partial charge in [0, 0.05) is 30.9 Å². The minimum Gasteiger partial charge on any atom is -0.508 e.